The van der Waals surface area contributed by atoms with Crippen molar-refractivity contribution in [3.8, 4) is 0 Å². The predicted molar refractivity (Wildman–Crippen MR) is 77.8 cm³/mol. The van der Waals surface area contributed by atoms with Gasteiger partial charge in [0.1, 0.15) is 16.8 Å². The first-order valence-electron chi connectivity index (χ1n) is 6.86. The number of ether oxygens (including phenoxy) is 1. The van der Waals surface area contributed by atoms with Crippen LogP contribution in [0.4, 0.5) is 5.82 Å². The molecule has 1 aliphatic heterocycles. The molecule has 1 unspecified atom stereocenters. The van der Waals surface area contributed by atoms with Crippen molar-refractivity contribution < 1.29 is 4.74 Å². The van der Waals surface area contributed by atoms with Gasteiger partial charge in [-0.3, -0.25) is 0 Å². The van der Waals surface area contributed by atoms with Crippen molar-refractivity contribution in [3.63, 3.8) is 0 Å². The molecular weight excluding hydrogens is 262 g/mol. The van der Waals surface area contributed by atoms with Gasteiger partial charge in [-0.1, -0.05) is 32.4 Å². The van der Waals surface area contributed by atoms with E-state index in [1.54, 1.807) is 6.07 Å². The van der Waals surface area contributed by atoms with Crippen LogP contribution in [0.2, 0.25) is 5.15 Å². The topological polar surface area (TPSA) is 47.0 Å². The minimum absolute atomic E-state index is 0.101. The van der Waals surface area contributed by atoms with Crippen molar-refractivity contribution in [3.05, 3.63) is 17.0 Å². The Balaban J connectivity index is 1.94. The Morgan fingerprint density at radius 1 is 1.42 bits per heavy atom. The summed E-state index contributed by atoms with van der Waals surface area (Å²) in [5.74, 6) is 1.56. The van der Waals surface area contributed by atoms with Crippen molar-refractivity contribution in [1.29, 1.82) is 0 Å². The van der Waals surface area contributed by atoms with Crippen LogP contribution in [0.3, 0.4) is 0 Å². The molecule has 1 atom stereocenters. The molecular formula is C14H22ClN3O. The normalized spacial score (nSPS) is 19.7. The quantitative estimate of drug-likeness (QED) is 0.860. The third-order valence-corrected chi connectivity index (χ3v) is 3.36. The van der Waals surface area contributed by atoms with E-state index in [-0.39, 0.29) is 5.41 Å². The molecule has 1 aromatic heterocycles. The van der Waals surface area contributed by atoms with Gasteiger partial charge in [0.25, 0.3) is 0 Å². The zero-order valence-corrected chi connectivity index (χ0v) is 12.6. The van der Waals surface area contributed by atoms with E-state index in [9.17, 15) is 0 Å². The minimum Gasteiger partial charge on any atom is -0.378 e. The van der Waals surface area contributed by atoms with E-state index in [0.29, 0.717) is 11.3 Å². The second-order valence-corrected chi connectivity index (χ2v) is 6.39. The van der Waals surface area contributed by atoms with Crippen LogP contribution in [0, 0.1) is 0 Å². The Kier molecular flexibility index (Phi) is 4.63. The Hall–Kier alpha value is -0.870. The number of rotatable bonds is 4. The molecule has 19 heavy (non-hydrogen) atoms. The van der Waals surface area contributed by atoms with E-state index in [4.69, 9.17) is 16.3 Å². The molecule has 0 radical (unpaired) electrons. The average molecular weight is 284 g/mol. The van der Waals surface area contributed by atoms with Crippen LogP contribution in [-0.2, 0) is 10.2 Å². The Labute approximate surface area is 119 Å². The smallest absolute Gasteiger partial charge is 0.137 e. The molecule has 1 aliphatic rings. The first kappa shape index (κ1) is 14.5. The summed E-state index contributed by atoms with van der Waals surface area (Å²) in [7, 11) is 0. The summed E-state index contributed by atoms with van der Waals surface area (Å²) in [6.07, 6.45) is 3.75. The van der Waals surface area contributed by atoms with Gasteiger partial charge in [0, 0.05) is 24.6 Å². The van der Waals surface area contributed by atoms with Gasteiger partial charge in [-0.05, 0) is 19.3 Å². The van der Waals surface area contributed by atoms with Crippen molar-refractivity contribution >= 4 is 17.4 Å². The maximum absolute atomic E-state index is 6.05. The summed E-state index contributed by atoms with van der Waals surface area (Å²) >= 11 is 6.05. The average Bonchev–Trinajstić information content (AvgIpc) is 2.80. The van der Waals surface area contributed by atoms with Crippen molar-refractivity contribution in [2.24, 2.45) is 0 Å². The molecule has 1 aromatic rings. The molecule has 0 bridgehead atoms. The Bertz CT molecular complexity index is 425. The second kappa shape index (κ2) is 6.06. The summed E-state index contributed by atoms with van der Waals surface area (Å²) in [6.45, 7) is 7.98. The van der Waals surface area contributed by atoms with Crippen molar-refractivity contribution in [1.82, 2.24) is 9.97 Å². The largest absolute Gasteiger partial charge is 0.378 e. The molecule has 1 N–H and O–H groups in total. The number of halogens is 1. The van der Waals surface area contributed by atoms with E-state index >= 15 is 0 Å². The summed E-state index contributed by atoms with van der Waals surface area (Å²) < 4.78 is 5.59. The summed E-state index contributed by atoms with van der Waals surface area (Å²) in [6, 6.07) is 1.77. The van der Waals surface area contributed by atoms with Crippen LogP contribution in [0.1, 0.15) is 45.9 Å². The second-order valence-electron chi connectivity index (χ2n) is 6.00. The molecule has 5 heteroatoms. The SMILES string of the molecule is CC(C)(C)c1nc(Cl)cc(NCCC2CCCO2)n1. The third-order valence-electron chi connectivity index (χ3n) is 3.16. The van der Waals surface area contributed by atoms with Gasteiger partial charge >= 0.3 is 0 Å². The van der Waals surface area contributed by atoms with E-state index in [2.05, 4.69) is 36.1 Å². The number of hydrogen-bond donors (Lipinski definition) is 1. The van der Waals surface area contributed by atoms with Crippen LogP contribution < -0.4 is 5.32 Å². The van der Waals surface area contributed by atoms with Gasteiger partial charge in [0.2, 0.25) is 0 Å². The van der Waals surface area contributed by atoms with Crippen LogP contribution in [-0.4, -0.2) is 29.2 Å². The van der Waals surface area contributed by atoms with Gasteiger partial charge in [-0.25, -0.2) is 9.97 Å². The maximum atomic E-state index is 6.05. The van der Waals surface area contributed by atoms with E-state index in [1.807, 2.05) is 0 Å². The minimum atomic E-state index is -0.101. The Morgan fingerprint density at radius 2 is 2.21 bits per heavy atom. The fourth-order valence-electron chi connectivity index (χ4n) is 2.08. The first-order chi connectivity index (χ1) is 8.95. The number of nitrogens with one attached hydrogen (secondary N) is 1. The predicted octanol–water partition coefficient (Wildman–Crippen LogP) is 3.41. The standard InChI is InChI=1S/C14H22ClN3O/c1-14(2,3)13-17-11(15)9-12(18-13)16-7-6-10-5-4-8-19-10/h9-10H,4-8H2,1-3H3,(H,16,17,18). The fraction of sp³-hybridized carbons (Fsp3) is 0.714. The molecule has 1 saturated heterocycles. The third kappa shape index (κ3) is 4.32. The number of anilines is 1. The lowest BCUT2D eigenvalue weighted by atomic mass is 9.96. The van der Waals surface area contributed by atoms with Gasteiger partial charge in [-0.2, -0.15) is 0 Å². The van der Waals surface area contributed by atoms with Crippen molar-refractivity contribution in [2.45, 2.75) is 51.6 Å². The molecule has 2 heterocycles. The lowest BCUT2D eigenvalue weighted by Gasteiger charge is -2.18. The zero-order valence-electron chi connectivity index (χ0n) is 11.9. The van der Waals surface area contributed by atoms with Crippen molar-refractivity contribution in [2.75, 3.05) is 18.5 Å². The van der Waals surface area contributed by atoms with E-state index < -0.39 is 0 Å². The lowest BCUT2D eigenvalue weighted by Crippen LogP contribution is -2.18. The summed E-state index contributed by atoms with van der Waals surface area (Å²) in [5, 5.41) is 3.79. The molecule has 2 rings (SSSR count). The molecule has 0 saturated carbocycles. The molecule has 4 nitrogen and oxygen atoms in total. The van der Waals surface area contributed by atoms with Gasteiger partial charge in [0.15, 0.2) is 0 Å². The summed E-state index contributed by atoms with van der Waals surface area (Å²) in [5.41, 5.74) is -0.101. The highest BCUT2D eigenvalue weighted by atomic mass is 35.5. The van der Waals surface area contributed by atoms with E-state index in [0.717, 1.165) is 31.2 Å². The van der Waals surface area contributed by atoms with Crippen LogP contribution in [0.15, 0.2) is 6.07 Å². The van der Waals surface area contributed by atoms with Gasteiger partial charge < -0.3 is 10.1 Å². The molecule has 0 spiro atoms. The fourth-order valence-corrected chi connectivity index (χ4v) is 2.26. The summed E-state index contributed by atoms with van der Waals surface area (Å²) in [4.78, 5) is 8.80. The highest BCUT2D eigenvalue weighted by Crippen LogP contribution is 2.22. The number of nitrogens with zero attached hydrogens (tertiary/aromatic N) is 2. The van der Waals surface area contributed by atoms with Crippen LogP contribution in [0.25, 0.3) is 0 Å². The maximum Gasteiger partial charge on any atom is 0.137 e. The zero-order chi connectivity index (χ0) is 13.9. The number of hydrogen-bond acceptors (Lipinski definition) is 4. The first-order valence-corrected chi connectivity index (χ1v) is 7.23. The highest BCUT2D eigenvalue weighted by molar-refractivity contribution is 6.29. The van der Waals surface area contributed by atoms with Crippen LogP contribution >= 0.6 is 11.6 Å². The molecule has 0 aliphatic carbocycles. The highest BCUT2D eigenvalue weighted by Gasteiger charge is 2.19. The van der Waals surface area contributed by atoms with Gasteiger partial charge in [-0.15, -0.1) is 0 Å². The lowest BCUT2D eigenvalue weighted by molar-refractivity contribution is 0.107. The van der Waals surface area contributed by atoms with E-state index in [1.165, 1.54) is 12.8 Å². The Morgan fingerprint density at radius 3 is 2.84 bits per heavy atom. The molecule has 1 fully saturated rings. The molecule has 0 aromatic carbocycles. The monoisotopic (exact) mass is 283 g/mol. The molecule has 106 valence electrons. The molecule has 0 amide bonds. The van der Waals surface area contributed by atoms with Crippen LogP contribution in [0.5, 0.6) is 0 Å². The number of aromatic nitrogens is 2. The van der Waals surface area contributed by atoms with Gasteiger partial charge in [0.05, 0.1) is 6.10 Å².